The lowest BCUT2D eigenvalue weighted by Gasteiger charge is -2.39. The van der Waals surface area contributed by atoms with Gasteiger partial charge in [-0.2, -0.15) is 79.0 Å². The molecule has 26 heteroatoms. The van der Waals surface area contributed by atoms with E-state index in [0.717, 1.165) is 21.9 Å². The second-order valence-corrected chi connectivity index (χ2v) is 16.7. The van der Waals surface area contributed by atoms with Crippen LogP contribution in [0.3, 0.4) is 0 Å². The molecule has 2 aliphatic heterocycles. The molecule has 0 N–H and O–H groups in total. The molecular formula is C48H40F18N2O6. The second kappa shape index (κ2) is 21.4. The van der Waals surface area contributed by atoms with Gasteiger partial charge in [-0.15, -0.1) is 0 Å². The number of ketones is 2. The fraction of sp³-hybridized carbons (Fsp3) is 0.417. The fourth-order valence-electron chi connectivity index (χ4n) is 8.53. The molecule has 4 aromatic carbocycles. The summed E-state index contributed by atoms with van der Waals surface area (Å²) in [5.74, 6) is -5.59. The zero-order valence-electron chi connectivity index (χ0n) is 38.6. The average Bonchev–Trinajstić information content (AvgIpc) is 3.30. The highest BCUT2D eigenvalue weighted by Gasteiger charge is 2.46. The number of hydrogen-bond acceptors (Lipinski definition) is 6. The highest BCUT2D eigenvalue weighted by atomic mass is 19.4. The van der Waals surface area contributed by atoms with Gasteiger partial charge in [-0.05, 0) is 123 Å². The Hall–Kier alpha value is -6.50. The number of ether oxygens (including phenoxy) is 2. The van der Waals surface area contributed by atoms with Crippen molar-refractivity contribution < 1.29 is 108 Å². The summed E-state index contributed by atoms with van der Waals surface area (Å²) >= 11 is 0. The monoisotopic (exact) mass is 1080 g/mol. The van der Waals surface area contributed by atoms with Crippen LogP contribution in [-0.4, -0.2) is 49.1 Å². The number of Topliss-reactive ketones (excluding diaryl/α,β-unsaturated/α-hetero) is 2. The van der Waals surface area contributed by atoms with Gasteiger partial charge in [-0.3, -0.25) is 19.4 Å². The number of alkyl halides is 18. The van der Waals surface area contributed by atoms with E-state index in [9.17, 15) is 98.2 Å². The van der Waals surface area contributed by atoms with Gasteiger partial charge in [-0.25, -0.2) is 9.59 Å². The summed E-state index contributed by atoms with van der Waals surface area (Å²) in [6.07, 6.45) is -32.8. The van der Waals surface area contributed by atoms with Gasteiger partial charge in [0.25, 0.3) is 0 Å². The molecule has 4 aromatic rings. The molecule has 2 aliphatic rings. The first-order valence-corrected chi connectivity index (χ1v) is 22.0. The Balaban J connectivity index is 0.000000274. The van der Waals surface area contributed by atoms with Crippen LogP contribution in [0.5, 0.6) is 0 Å². The quantitative estimate of drug-likeness (QED) is 0.129. The van der Waals surface area contributed by atoms with Crippen LogP contribution >= 0.6 is 0 Å². The number of rotatable bonds is 8. The number of carbonyl (C=O) groups is 4. The third-order valence-electron chi connectivity index (χ3n) is 12.0. The SMILES string of the molecule is CCOC(=O)N1c2ccc(C(F)(F)F)cc2[C@@H](C(=O)c2cc(C(F)(F)F)cc(C(F)(F)F)c2)C[C@H]1CC.CCOC(=O)N1c2ccc(C(F)(F)F)cc2[C@H](C(=O)c2cc(C(F)(F)F)cc(C(F)(F)F)c2)C[C@H]1CC. The van der Waals surface area contributed by atoms with Crippen LogP contribution < -0.4 is 9.80 Å². The van der Waals surface area contributed by atoms with Gasteiger partial charge in [-0.1, -0.05) is 13.8 Å². The van der Waals surface area contributed by atoms with Crippen molar-refractivity contribution in [2.75, 3.05) is 23.0 Å². The number of benzene rings is 4. The molecule has 0 aromatic heterocycles. The van der Waals surface area contributed by atoms with E-state index in [1.54, 1.807) is 13.8 Å². The zero-order chi connectivity index (χ0) is 55.8. The van der Waals surface area contributed by atoms with Gasteiger partial charge in [0.1, 0.15) is 0 Å². The second-order valence-electron chi connectivity index (χ2n) is 16.7. The van der Waals surface area contributed by atoms with Gasteiger partial charge < -0.3 is 9.47 Å². The number of amides is 2. The third-order valence-corrected chi connectivity index (χ3v) is 12.0. The minimum absolute atomic E-state index is 0.0749. The Morgan fingerprint density at radius 2 is 0.689 bits per heavy atom. The van der Waals surface area contributed by atoms with Crippen LogP contribution in [-0.2, 0) is 46.5 Å². The van der Waals surface area contributed by atoms with E-state index in [0.29, 0.717) is 24.3 Å². The van der Waals surface area contributed by atoms with Gasteiger partial charge in [0, 0.05) is 23.2 Å². The topological polar surface area (TPSA) is 93.2 Å². The van der Waals surface area contributed by atoms with E-state index >= 15 is 0 Å². The fourth-order valence-corrected chi connectivity index (χ4v) is 8.53. The molecule has 4 atom stereocenters. The van der Waals surface area contributed by atoms with Crippen LogP contribution in [0.2, 0.25) is 0 Å². The van der Waals surface area contributed by atoms with Crippen LogP contribution in [0.4, 0.5) is 100.0 Å². The predicted molar refractivity (Wildman–Crippen MR) is 226 cm³/mol. The smallest absolute Gasteiger partial charge is 0.416 e. The largest absolute Gasteiger partial charge is 0.449 e. The number of carbonyl (C=O) groups excluding carboxylic acids is 4. The Morgan fingerprint density at radius 1 is 0.419 bits per heavy atom. The Kier molecular flexibility index (Phi) is 16.9. The Bertz CT molecular complexity index is 2490. The average molecular weight is 1080 g/mol. The molecule has 0 saturated heterocycles. The van der Waals surface area contributed by atoms with Crippen LogP contribution in [0.25, 0.3) is 0 Å². The van der Waals surface area contributed by atoms with Crippen LogP contribution in [0.1, 0.15) is 130 Å². The van der Waals surface area contributed by atoms with Crippen LogP contribution in [0.15, 0.2) is 72.8 Å². The minimum atomic E-state index is -5.23. The zero-order valence-corrected chi connectivity index (χ0v) is 38.6. The van der Waals surface area contributed by atoms with E-state index in [2.05, 4.69) is 0 Å². The number of anilines is 2. The summed E-state index contributed by atoms with van der Waals surface area (Å²) < 4.78 is 251. The first kappa shape index (κ1) is 58.4. The summed E-state index contributed by atoms with van der Waals surface area (Å²) in [6, 6.07) is 3.36. The molecule has 0 unspecified atom stereocenters. The molecule has 0 aliphatic carbocycles. The molecule has 8 nitrogen and oxygen atoms in total. The molecule has 0 spiro atoms. The highest BCUT2D eigenvalue weighted by molar-refractivity contribution is 6.05. The predicted octanol–water partition coefficient (Wildman–Crippen LogP) is 15.7. The van der Waals surface area contributed by atoms with E-state index < -0.39 is 129 Å². The molecule has 404 valence electrons. The third kappa shape index (κ3) is 12.9. The molecule has 74 heavy (non-hydrogen) atoms. The van der Waals surface area contributed by atoms with Gasteiger partial charge in [0.2, 0.25) is 0 Å². The highest BCUT2D eigenvalue weighted by Crippen LogP contribution is 2.48. The van der Waals surface area contributed by atoms with Crippen molar-refractivity contribution in [3.8, 4) is 0 Å². The van der Waals surface area contributed by atoms with E-state index in [4.69, 9.17) is 9.47 Å². The summed E-state index contributed by atoms with van der Waals surface area (Å²) in [6.45, 7) is 6.03. The summed E-state index contributed by atoms with van der Waals surface area (Å²) in [5, 5.41) is 0. The lowest BCUT2D eigenvalue weighted by atomic mass is 9.79. The molecular weight excluding hydrogens is 1040 g/mol. The van der Waals surface area contributed by atoms with Crippen molar-refractivity contribution in [1.29, 1.82) is 0 Å². The molecule has 6 rings (SSSR count). The standard InChI is InChI=1S/2C24H20F9NO3/c2*1-3-16-11-18(20(35)12-7-14(23(28,29)30)9-15(8-12)24(31,32)33)17-10-13(22(25,26)27)5-6-19(17)34(16)21(36)37-4-2/h2*5-10,16,18H,3-4,11H2,1-2H3/t16-,18+;16-,18-/m11/s1. The molecule has 0 radical (unpaired) electrons. The van der Waals surface area contributed by atoms with E-state index in [1.165, 1.54) is 13.8 Å². The number of fused-ring (bicyclic) bond motifs is 2. The van der Waals surface area contributed by atoms with Crippen molar-refractivity contribution >= 4 is 35.1 Å². The maximum absolute atomic E-state index is 13.5. The summed E-state index contributed by atoms with van der Waals surface area (Å²) in [7, 11) is 0. The van der Waals surface area contributed by atoms with Crippen molar-refractivity contribution in [2.24, 2.45) is 0 Å². The van der Waals surface area contributed by atoms with Crippen molar-refractivity contribution in [1.82, 2.24) is 0 Å². The Labute approximate surface area is 408 Å². The van der Waals surface area contributed by atoms with Crippen LogP contribution in [0, 0.1) is 0 Å². The maximum Gasteiger partial charge on any atom is 0.416 e. The lowest BCUT2D eigenvalue weighted by molar-refractivity contribution is -0.144. The summed E-state index contributed by atoms with van der Waals surface area (Å²) in [5.41, 5.74) is -12.3. The van der Waals surface area contributed by atoms with Gasteiger partial charge in [0.15, 0.2) is 11.6 Å². The minimum Gasteiger partial charge on any atom is -0.449 e. The molecule has 2 heterocycles. The number of hydrogen-bond donors (Lipinski definition) is 0. The summed E-state index contributed by atoms with van der Waals surface area (Å²) in [4.78, 5) is 54.1. The maximum atomic E-state index is 13.5. The lowest BCUT2D eigenvalue weighted by Crippen LogP contribution is -2.46. The van der Waals surface area contributed by atoms with Crippen molar-refractivity contribution in [3.05, 3.63) is 128 Å². The van der Waals surface area contributed by atoms with Crippen molar-refractivity contribution in [3.63, 3.8) is 0 Å². The van der Waals surface area contributed by atoms with Gasteiger partial charge >= 0.3 is 49.2 Å². The number of nitrogens with zero attached hydrogens (tertiary/aromatic N) is 2. The van der Waals surface area contributed by atoms with E-state index in [-0.39, 0.29) is 97.8 Å². The first-order chi connectivity index (χ1) is 34.0. The number of halogens is 18. The van der Waals surface area contributed by atoms with E-state index in [1.807, 2.05) is 0 Å². The van der Waals surface area contributed by atoms with Gasteiger partial charge in [0.05, 0.1) is 69.8 Å². The van der Waals surface area contributed by atoms with Crippen molar-refractivity contribution in [2.45, 2.75) is 114 Å². The Morgan fingerprint density at radius 3 is 0.919 bits per heavy atom. The normalized spacial score (nSPS) is 18.4. The molecule has 0 saturated carbocycles. The first-order valence-electron chi connectivity index (χ1n) is 22.0. The molecule has 0 fully saturated rings. The molecule has 2 amide bonds. The molecule has 0 bridgehead atoms.